The quantitative estimate of drug-likeness (QED) is 0.882. The van der Waals surface area contributed by atoms with Gasteiger partial charge in [-0.05, 0) is 35.9 Å². The van der Waals surface area contributed by atoms with Gasteiger partial charge in [-0.15, -0.1) is 0 Å². The first kappa shape index (κ1) is 13.6. The van der Waals surface area contributed by atoms with Gasteiger partial charge in [-0.3, -0.25) is 4.79 Å². The summed E-state index contributed by atoms with van der Waals surface area (Å²) in [6, 6.07) is 14.9. The Morgan fingerprint density at radius 3 is 2.53 bits per heavy atom. The molecule has 0 saturated heterocycles. The Kier molecular flexibility index (Phi) is 4.22. The molecule has 0 aromatic heterocycles. The van der Waals surface area contributed by atoms with Gasteiger partial charge in [-0.1, -0.05) is 34.1 Å². The summed E-state index contributed by atoms with van der Waals surface area (Å²) in [5, 5.41) is 0. The van der Waals surface area contributed by atoms with Gasteiger partial charge in [0.15, 0.2) is 0 Å². The molecule has 0 aliphatic rings. The van der Waals surface area contributed by atoms with Crippen molar-refractivity contribution in [3.8, 4) is 0 Å². The van der Waals surface area contributed by atoms with Crippen LogP contribution in [0.3, 0.4) is 0 Å². The molecule has 0 radical (unpaired) electrons. The highest BCUT2D eigenvalue weighted by atomic mass is 79.9. The third-order valence-corrected chi connectivity index (χ3v) is 3.34. The lowest BCUT2D eigenvalue weighted by atomic mass is 10.1. The fourth-order valence-corrected chi connectivity index (χ4v) is 2.09. The molecule has 1 amide bonds. The number of carbonyl (C=O) groups excluding carboxylic acids is 1. The van der Waals surface area contributed by atoms with Gasteiger partial charge in [0.2, 0.25) is 0 Å². The summed E-state index contributed by atoms with van der Waals surface area (Å²) in [4.78, 5) is 13.9. The minimum atomic E-state index is -0.0322. The molecule has 2 rings (SSSR count). The third kappa shape index (κ3) is 3.58. The molecule has 0 aliphatic heterocycles. The number of rotatable bonds is 3. The Hall–Kier alpha value is -1.81. The van der Waals surface area contributed by atoms with Gasteiger partial charge in [0.1, 0.15) is 0 Å². The van der Waals surface area contributed by atoms with E-state index in [0.29, 0.717) is 17.8 Å². The van der Waals surface area contributed by atoms with Crippen molar-refractivity contribution >= 4 is 27.5 Å². The van der Waals surface area contributed by atoms with E-state index in [4.69, 9.17) is 5.73 Å². The van der Waals surface area contributed by atoms with E-state index in [1.807, 2.05) is 24.3 Å². The van der Waals surface area contributed by atoms with Gasteiger partial charge in [-0.2, -0.15) is 0 Å². The Morgan fingerprint density at radius 2 is 1.89 bits per heavy atom. The first-order valence-corrected chi connectivity index (χ1v) is 6.71. The van der Waals surface area contributed by atoms with Crippen LogP contribution in [0.1, 0.15) is 15.9 Å². The van der Waals surface area contributed by atoms with Crippen LogP contribution in [0.2, 0.25) is 0 Å². The molecule has 2 aromatic rings. The second kappa shape index (κ2) is 5.89. The van der Waals surface area contributed by atoms with Crippen LogP contribution in [0.15, 0.2) is 53.0 Å². The molecular formula is C15H15BrN2O. The fourth-order valence-electron chi connectivity index (χ4n) is 1.83. The zero-order valence-corrected chi connectivity index (χ0v) is 12.2. The minimum Gasteiger partial charge on any atom is -0.399 e. The van der Waals surface area contributed by atoms with Gasteiger partial charge in [0.25, 0.3) is 5.91 Å². The first-order chi connectivity index (χ1) is 9.06. The average molecular weight is 319 g/mol. The van der Waals surface area contributed by atoms with E-state index in [-0.39, 0.29) is 5.91 Å². The summed E-state index contributed by atoms with van der Waals surface area (Å²) in [6.07, 6.45) is 0. The van der Waals surface area contributed by atoms with Crippen LogP contribution >= 0.6 is 15.9 Å². The molecule has 3 nitrogen and oxygen atoms in total. The van der Waals surface area contributed by atoms with Gasteiger partial charge >= 0.3 is 0 Å². The lowest BCUT2D eigenvalue weighted by molar-refractivity contribution is 0.0785. The van der Waals surface area contributed by atoms with Crippen molar-refractivity contribution in [2.45, 2.75) is 6.54 Å². The average Bonchev–Trinajstić information content (AvgIpc) is 2.40. The van der Waals surface area contributed by atoms with E-state index in [0.717, 1.165) is 10.0 Å². The normalized spacial score (nSPS) is 10.2. The maximum atomic E-state index is 12.2. The zero-order chi connectivity index (χ0) is 13.8. The summed E-state index contributed by atoms with van der Waals surface area (Å²) in [6.45, 7) is 0.570. The number of halogens is 1. The van der Waals surface area contributed by atoms with Crippen molar-refractivity contribution in [1.29, 1.82) is 0 Å². The largest absolute Gasteiger partial charge is 0.399 e. The highest BCUT2D eigenvalue weighted by Gasteiger charge is 2.11. The first-order valence-electron chi connectivity index (χ1n) is 5.92. The van der Waals surface area contributed by atoms with Crippen molar-refractivity contribution in [1.82, 2.24) is 4.90 Å². The number of amides is 1. The van der Waals surface area contributed by atoms with Crippen LogP contribution in [0.25, 0.3) is 0 Å². The minimum absolute atomic E-state index is 0.0322. The topological polar surface area (TPSA) is 46.3 Å². The van der Waals surface area contributed by atoms with E-state index >= 15 is 0 Å². The highest BCUT2D eigenvalue weighted by molar-refractivity contribution is 9.10. The van der Waals surface area contributed by atoms with Crippen molar-refractivity contribution < 1.29 is 4.79 Å². The molecule has 19 heavy (non-hydrogen) atoms. The smallest absolute Gasteiger partial charge is 0.253 e. The van der Waals surface area contributed by atoms with Gasteiger partial charge < -0.3 is 10.6 Å². The number of hydrogen-bond acceptors (Lipinski definition) is 2. The second-order valence-electron chi connectivity index (χ2n) is 4.41. The molecule has 0 atom stereocenters. The molecule has 0 fully saturated rings. The number of anilines is 1. The number of hydrogen-bond donors (Lipinski definition) is 1. The monoisotopic (exact) mass is 318 g/mol. The van der Waals surface area contributed by atoms with Crippen LogP contribution in [-0.4, -0.2) is 17.9 Å². The van der Waals surface area contributed by atoms with Crippen LogP contribution in [0, 0.1) is 0 Å². The van der Waals surface area contributed by atoms with Crippen LogP contribution in [-0.2, 0) is 6.54 Å². The van der Waals surface area contributed by atoms with Gasteiger partial charge in [0.05, 0.1) is 0 Å². The van der Waals surface area contributed by atoms with Crippen LogP contribution < -0.4 is 5.73 Å². The number of nitrogens with zero attached hydrogens (tertiary/aromatic N) is 1. The maximum absolute atomic E-state index is 12.2. The Balaban J connectivity index is 2.09. The summed E-state index contributed by atoms with van der Waals surface area (Å²) in [5.74, 6) is -0.0322. The second-order valence-corrected chi connectivity index (χ2v) is 5.33. The number of benzene rings is 2. The van der Waals surface area contributed by atoms with Crippen molar-refractivity contribution in [2.75, 3.05) is 12.8 Å². The number of nitrogen functional groups attached to an aromatic ring is 1. The molecule has 2 N–H and O–H groups in total. The molecular weight excluding hydrogens is 304 g/mol. The van der Waals surface area contributed by atoms with Crippen molar-refractivity contribution in [3.63, 3.8) is 0 Å². The molecule has 0 saturated carbocycles. The van der Waals surface area contributed by atoms with Gasteiger partial charge in [0, 0.05) is 29.3 Å². The number of nitrogens with two attached hydrogens (primary N) is 1. The van der Waals surface area contributed by atoms with E-state index in [9.17, 15) is 4.79 Å². The van der Waals surface area contributed by atoms with E-state index in [1.54, 1.807) is 36.2 Å². The SMILES string of the molecule is CN(Cc1ccc(Br)cc1)C(=O)c1cccc(N)c1. The molecule has 0 unspecified atom stereocenters. The van der Waals surface area contributed by atoms with Gasteiger partial charge in [-0.25, -0.2) is 0 Å². The van der Waals surface area contributed by atoms with Crippen molar-refractivity contribution in [2.24, 2.45) is 0 Å². The Morgan fingerprint density at radius 1 is 1.21 bits per heavy atom. The standard InChI is InChI=1S/C15H15BrN2O/c1-18(10-11-5-7-13(16)8-6-11)15(19)12-3-2-4-14(17)9-12/h2-9H,10,17H2,1H3. The zero-order valence-electron chi connectivity index (χ0n) is 10.6. The molecule has 0 bridgehead atoms. The number of carbonyl (C=O) groups is 1. The molecule has 2 aromatic carbocycles. The van der Waals surface area contributed by atoms with E-state index < -0.39 is 0 Å². The molecule has 4 heteroatoms. The molecule has 0 aliphatic carbocycles. The fraction of sp³-hybridized carbons (Fsp3) is 0.133. The predicted molar refractivity (Wildman–Crippen MR) is 80.8 cm³/mol. The van der Waals surface area contributed by atoms with E-state index in [2.05, 4.69) is 15.9 Å². The highest BCUT2D eigenvalue weighted by Crippen LogP contribution is 2.14. The maximum Gasteiger partial charge on any atom is 0.253 e. The van der Waals surface area contributed by atoms with E-state index in [1.165, 1.54) is 0 Å². The third-order valence-electron chi connectivity index (χ3n) is 2.81. The summed E-state index contributed by atoms with van der Waals surface area (Å²) < 4.78 is 1.03. The molecule has 0 spiro atoms. The van der Waals surface area contributed by atoms with Crippen LogP contribution in [0.4, 0.5) is 5.69 Å². The Bertz CT molecular complexity index is 581. The summed E-state index contributed by atoms with van der Waals surface area (Å²) >= 11 is 3.39. The predicted octanol–water partition coefficient (Wildman–Crippen LogP) is 3.30. The summed E-state index contributed by atoms with van der Waals surface area (Å²) in [7, 11) is 1.79. The lowest BCUT2D eigenvalue weighted by Crippen LogP contribution is -2.26. The van der Waals surface area contributed by atoms with Crippen LogP contribution in [0.5, 0.6) is 0 Å². The van der Waals surface area contributed by atoms with Crippen molar-refractivity contribution in [3.05, 3.63) is 64.1 Å². The summed E-state index contributed by atoms with van der Waals surface area (Å²) in [5.41, 5.74) is 7.99. The Labute approximate surface area is 121 Å². The molecule has 98 valence electrons. The lowest BCUT2D eigenvalue weighted by Gasteiger charge is -2.17. The molecule has 0 heterocycles.